The average molecular weight is 385 g/mol. The summed E-state index contributed by atoms with van der Waals surface area (Å²) in [6.07, 6.45) is 1.21. The van der Waals surface area contributed by atoms with Gasteiger partial charge in [-0.25, -0.2) is 8.42 Å². The Morgan fingerprint density at radius 3 is 2.62 bits per heavy atom. The Morgan fingerprint density at radius 2 is 1.96 bits per heavy atom. The number of nitrogens with zero attached hydrogens (tertiary/aromatic N) is 2. The first kappa shape index (κ1) is 20.6. The summed E-state index contributed by atoms with van der Waals surface area (Å²) in [5.74, 6) is -0.225. The van der Waals surface area contributed by atoms with Crippen LogP contribution in [0.4, 0.5) is 11.4 Å². The lowest BCUT2D eigenvalue weighted by Gasteiger charge is -2.30. The average Bonchev–Trinajstić information content (AvgIpc) is 2.62. The van der Waals surface area contributed by atoms with Crippen LogP contribution in [0.3, 0.4) is 0 Å². The molecule has 1 N–H and O–H groups in total. The smallest absolute Gasteiger partial charge is 0.225 e. The topological polar surface area (TPSA) is 88.2 Å². The van der Waals surface area contributed by atoms with Gasteiger partial charge in [0.2, 0.25) is 15.9 Å². The standard InChI is InChI=1S/C17H27N3O5S/c1-24-12-11-20(26(2,22)23)8-7-17(21)18-15-5-3-4-6-16(15)19-9-13-25-14-10-19/h3-6H,7-14H2,1-2H3,(H,18,21). The van der Waals surface area contributed by atoms with Crippen LogP contribution in [-0.2, 0) is 24.3 Å². The van der Waals surface area contributed by atoms with E-state index in [0.717, 1.165) is 30.7 Å². The largest absolute Gasteiger partial charge is 0.383 e. The van der Waals surface area contributed by atoms with Gasteiger partial charge in [-0.15, -0.1) is 0 Å². The number of ether oxygens (including phenoxy) is 2. The zero-order valence-electron chi connectivity index (χ0n) is 15.3. The van der Waals surface area contributed by atoms with Gasteiger partial charge in [0.15, 0.2) is 0 Å². The molecule has 2 rings (SSSR count). The highest BCUT2D eigenvalue weighted by atomic mass is 32.2. The first-order valence-corrected chi connectivity index (χ1v) is 10.4. The maximum atomic E-state index is 12.3. The molecule has 0 radical (unpaired) electrons. The van der Waals surface area contributed by atoms with Crippen LogP contribution in [0.5, 0.6) is 0 Å². The normalized spacial score (nSPS) is 15.3. The third-order valence-corrected chi connectivity index (χ3v) is 5.44. The van der Waals surface area contributed by atoms with E-state index in [2.05, 4.69) is 10.2 Å². The first-order valence-electron chi connectivity index (χ1n) is 8.57. The minimum atomic E-state index is -3.38. The summed E-state index contributed by atoms with van der Waals surface area (Å²) in [4.78, 5) is 14.5. The zero-order chi connectivity index (χ0) is 19.0. The van der Waals surface area contributed by atoms with E-state index in [1.165, 1.54) is 11.4 Å². The molecule has 1 aromatic carbocycles. The number of amides is 1. The van der Waals surface area contributed by atoms with Crippen LogP contribution in [0, 0.1) is 0 Å². The molecule has 0 aliphatic carbocycles. The van der Waals surface area contributed by atoms with E-state index < -0.39 is 10.0 Å². The SMILES string of the molecule is COCCN(CCC(=O)Nc1ccccc1N1CCOCC1)S(C)(=O)=O. The van der Waals surface area contributed by atoms with Crippen molar-refractivity contribution in [3.05, 3.63) is 24.3 Å². The molecule has 146 valence electrons. The van der Waals surface area contributed by atoms with Gasteiger partial charge in [-0.1, -0.05) is 12.1 Å². The van der Waals surface area contributed by atoms with Gasteiger partial charge >= 0.3 is 0 Å². The van der Waals surface area contributed by atoms with Gasteiger partial charge in [-0.05, 0) is 12.1 Å². The molecule has 1 aromatic rings. The molecule has 1 aliphatic heterocycles. The number of rotatable bonds is 9. The maximum absolute atomic E-state index is 12.3. The van der Waals surface area contributed by atoms with E-state index in [1.807, 2.05) is 24.3 Å². The highest BCUT2D eigenvalue weighted by molar-refractivity contribution is 7.88. The summed E-state index contributed by atoms with van der Waals surface area (Å²) in [6.45, 7) is 3.49. The fourth-order valence-corrected chi connectivity index (χ4v) is 3.56. The predicted molar refractivity (Wildman–Crippen MR) is 101 cm³/mol. The monoisotopic (exact) mass is 385 g/mol. The van der Waals surface area contributed by atoms with Crippen molar-refractivity contribution in [3.8, 4) is 0 Å². The Kier molecular flexibility index (Phi) is 7.83. The van der Waals surface area contributed by atoms with E-state index in [0.29, 0.717) is 13.2 Å². The molecule has 1 aliphatic rings. The fourth-order valence-electron chi connectivity index (χ4n) is 2.73. The van der Waals surface area contributed by atoms with Crippen molar-refractivity contribution in [1.82, 2.24) is 4.31 Å². The number of carbonyl (C=O) groups is 1. The van der Waals surface area contributed by atoms with Crippen LogP contribution >= 0.6 is 0 Å². The van der Waals surface area contributed by atoms with Gasteiger partial charge in [-0.2, -0.15) is 4.31 Å². The molecule has 0 aromatic heterocycles. The van der Waals surface area contributed by atoms with Gasteiger partial charge in [0.1, 0.15) is 0 Å². The molecule has 1 fully saturated rings. The summed E-state index contributed by atoms with van der Waals surface area (Å²) < 4.78 is 35.1. The molecule has 0 bridgehead atoms. The molecule has 9 heteroatoms. The van der Waals surface area contributed by atoms with Gasteiger partial charge in [0.05, 0.1) is 37.5 Å². The van der Waals surface area contributed by atoms with Crippen molar-refractivity contribution in [2.24, 2.45) is 0 Å². The van der Waals surface area contributed by atoms with Crippen LogP contribution in [-0.4, -0.2) is 78.0 Å². The van der Waals surface area contributed by atoms with E-state index in [-0.39, 0.29) is 32.0 Å². The first-order chi connectivity index (χ1) is 12.4. The Morgan fingerprint density at radius 1 is 1.27 bits per heavy atom. The summed E-state index contributed by atoms with van der Waals surface area (Å²) >= 11 is 0. The van der Waals surface area contributed by atoms with Gasteiger partial charge in [0.25, 0.3) is 0 Å². The van der Waals surface area contributed by atoms with Crippen molar-refractivity contribution in [2.45, 2.75) is 6.42 Å². The molecular formula is C17H27N3O5S. The third kappa shape index (κ3) is 6.24. The lowest BCUT2D eigenvalue weighted by atomic mass is 10.2. The molecule has 0 saturated carbocycles. The molecule has 0 unspecified atom stereocenters. The second-order valence-corrected chi connectivity index (χ2v) is 8.05. The summed E-state index contributed by atoms with van der Waals surface area (Å²) in [6, 6.07) is 7.60. The lowest BCUT2D eigenvalue weighted by Crippen LogP contribution is -2.37. The number of morpholine rings is 1. The number of para-hydroxylation sites is 2. The van der Waals surface area contributed by atoms with Crippen LogP contribution in [0.2, 0.25) is 0 Å². The minimum Gasteiger partial charge on any atom is -0.383 e. The molecular weight excluding hydrogens is 358 g/mol. The highest BCUT2D eigenvalue weighted by Gasteiger charge is 2.19. The molecule has 1 amide bonds. The maximum Gasteiger partial charge on any atom is 0.225 e. The number of methoxy groups -OCH3 is 1. The minimum absolute atomic E-state index is 0.0776. The number of benzene rings is 1. The Balaban J connectivity index is 1.97. The molecule has 0 spiro atoms. The van der Waals surface area contributed by atoms with Gasteiger partial charge in [0, 0.05) is 39.7 Å². The number of carbonyl (C=O) groups excluding carboxylic acids is 1. The van der Waals surface area contributed by atoms with E-state index in [9.17, 15) is 13.2 Å². The summed E-state index contributed by atoms with van der Waals surface area (Å²) in [7, 11) is -1.87. The number of anilines is 2. The van der Waals surface area contributed by atoms with Crippen LogP contribution in [0.15, 0.2) is 24.3 Å². The van der Waals surface area contributed by atoms with Crippen LogP contribution < -0.4 is 10.2 Å². The molecule has 8 nitrogen and oxygen atoms in total. The summed E-state index contributed by atoms with van der Waals surface area (Å²) in [5.41, 5.74) is 1.67. The summed E-state index contributed by atoms with van der Waals surface area (Å²) in [5, 5.41) is 2.90. The number of sulfonamides is 1. The van der Waals surface area contributed by atoms with Crippen molar-refractivity contribution in [1.29, 1.82) is 0 Å². The Labute approximate surface area is 155 Å². The highest BCUT2D eigenvalue weighted by Crippen LogP contribution is 2.26. The van der Waals surface area contributed by atoms with Crippen molar-refractivity contribution in [2.75, 3.05) is 69.6 Å². The number of hydrogen-bond acceptors (Lipinski definition) is 6. The third-order valence-electron chi connectivity index (χ3n) is 4.13. The number of nitrogens with one attached hydrogen (secondary N) is 1. The van der Waals surface area contributed by atoms with E-state index >= 15 is 0 Å². The molecule has 1 heterocycles. The van der Waals surface area contributed by atoms with Crippen molar-refractivity contribution < 1.29 is 22.7 Å². The van der Waals surface area contributed by atoms with E-state index in [4.69, 9.17) is 9.47 Å². The van der Waals surface area contributed by atoms with Gasteiger partial charge in [-0.3, -0.25) is 4.79 Å². The van der Waals surface area contributed by atoms with Crippen LogP contribution in [0.25, 0.3) is 0 Å². The zero-order valence-corrected chi connectivity index (χ0v) is 16.1. The Hall–Kier alpha value is -1.68. The lowest BCUT2D eigenvalue weighted by molar-refractivity contribution is -0.116. The second kappa shape index (κ2) is 9.86. The quantitative estimate of drug-likeness (QED) is 0.675. The van der Waals surface area contributed by atoms with Gasteiger partial charge < -0.3 is 19.7 Å². The Bertz CT molecular complexity index is 689. The second-order valence-electron chi connectivity index (χ2n) is 6.07. The van der Waals surface area contributed by atoms with Crippen molar-refractivity contribution in [3.63, 3.8) is 0 Å². The number of hydrogen-bond donors (Lipinski definition) is 1. The molecule has 1 saturated heterocycles. The van der Waals surface area contributed by atoms with E-state index in [1.54, 1.807) is 0 Å². The van der Waals surface area contributed by atoms with Crippen LogP contribution in [0.1, 0.15) is 6.42 Å². The fraction of sp³-hybridized carbons (Fsp3) is 0.588. The molecule has 26 heavy (non-hydrogen) atoms. The van der Waals surface area contributed by atoms with Crippen molar-refractivity contribution >= 4 is 27.3 Å². The predicted octanol–water partition coefficient (Wildman–Crippen LogP) is 0.760. The molecule has 0 atom stereocenters.